The quantitative estimate of drug-likeness (QED) is 0.572. The van der Waals surface area contributed by atoms with Gasteiger partial charge in [0.1, 0.15) is 6.33 Å². The van der Waals surface area contributed by atoms with E-state index in [9.17, 15) is 0 Å². The molecular weight excluding hydrogens is 196 g/mol. The lowest BCUT2D eigenvalue weighted by Crippen LogP contribution is -2.27. The Morgan fingerprint density at radius 3 is 3.00 bits per heavy atom. The number of nitrogens with one attached hydrogen (secondary N) is 1. The van der Waals surface area contributed by atoms with E-state index in [0.29, 0.717) is 6.04 Å². The van der Waals surface area contributed by atoms with Gasteiger partial charge < -0.3 is 9.88 Å². The highest BCUT2D eigenvalue weighted by atomic mass is 32.2. The van der Waals surface area contributed by atoms with E-state index >= 15 is 0 Å². The largest absolute Gasteiger partial charge is 0.313 e. The van der Waals surface area contributed by atoms with Crippen molar-refractivity contribution in [3.63, 3.8) is 0 Å². The summed E-state index contributed by atoms with van der Waals surface area (Å²) >= 11 is 1.73. The zero-order valence-electron chi connectivity index (χ0n) is 9.03. The van der Waals surface area contributed by atoms with Crippen molar-refractivity contribution in [1.82, 2.24) is 20.1 Å². The molecule has 0 aliphatic heterocycles. The van der Waals surface area contributed by atoms with Crippen LogP contribution in [-0.4, -0.2) is 33.1 Å². The van der Waals surface area contributed by atoms with Gasteiger partial charge in [0, 0.05) is 25.4 Å². The molecule has 1 atom stereocenters. The van der Waals surface area contributed by atoms with E-state index < -0.39 is 0 Å². The van der Waals surface area contributed by atoms with Gasteiger partial charge in [0.15, 0.2) is 5.16 Å². The van der Waals surface area contributed by atoms with Crippen LogP contribution in [0.3, 0.4) is 0 Å². The van der Waals surface area contributed by atoms with E-state index in [1.807, 2.05) is 11.6 Å². The number of aromatic nitrogens is 3. The molecule has 1 N–H and O–H groups in total. The first-order valence-electron chi connectivity index (χ1n) is 4.94. The number of hydrogen-bond acceptors (Lipinski definition) is 4. The molecule has 0 aromatic carbocycles. The highest BCUT2D eigenvalue weighted by Crippen LogP contribution is 2.11. The average molecular weight is 214 g/mol. The molecule has 0 aliphatic carbocycles. The van der Waals surface area contributed by atoms with Crippen molar-refractivity contribution >= 4 is 11.8 Å². The molecule has 1 heterocycles. The van der Waals surface area contributed by atoms with Crippen LogP contribution in [0.15, 0.2) is 11.5 Å². The maximum atomic E-state index is 4.00. The molecule has 80 valence electrons. The Labute approximate surface area is 89.5 Å². The molecule has 1 unspecified atom stereocenters. The van der Waals surface area contributed by atoms with E-state index in [1.165, 1.54) is 6.42 Å². The molecule has 0 spiro atoms. The fraction of sp³-hybridized carbons (Fsp3) is 0.778. The van der Waals surface area contributed by atoms with E-state index in [-0.39, 0.29) is 0 Å². The van der Waals surface area contributed by atoms with Gasteiger partial charge in [-0.05, 0) is 13.3 Å². The van der Waals surface area contributed by atoms with Crippen LogP contribution >= 0.6 is 11.8 Å². The van der Waals surface area contributed by atoms with Gasteiger partial charge in [0.25, 0.3) is 0 Å². The molecule has 0 radical (unpaired) electrons. The van der Waals surface area contributed by atoms with Crippen molar-refractivity contribution in [2.45, 2.75) is 31.5 Å². The Bertz CT molecular complexity index is 261. The van der Waals surface area contributed by atoms with Crippen LogP contribution in [0, 0.1) is 0 Å². The topological polar surface area (TPSA) is 42.7 Å². The Morgan fingerprint density at radius 2 is 2.43 bits per heavy atom. The summed E-state index contributed by atoms with van der Waals surface area (Å²) in [4.78, 5) is 0. The van der Waals surface area contributed by atoms with Crippen LogP contribution in [0.5, 0.6) is 0 Å². The molecule has 0 fully saturated rings. The zero-order valence-corrected chi connectivity index (χ0v) is 9.84. The summed E-state index contributed by atoms with van der Waals surface area (Å²) in [5, 5.41) is 12.2. The number of hydrogen-bond donors (Lipinski definition) is 1. The van der Waals surface area contributed by atoms with Crippen molar-refractivity contribution in [2.75, 3.05) is 12.3 Å². The fourth-order valence-corrected chi connectivity index (χ4v) is 1.75. The number of nitrogens with zero attached hydrogens (tertiary/aromatic N) is 3. The molecule has 0 saturated carbocycles. The Kier molecular flexibility index (Phi) is 4.97. The Morgan fingerprint density at radius 1 is 1.64 bits per heavy atom. The van der Waals surface area contributed by atoms with E-state index in [0.717, 1.165) is 17.5 Å². The number of rotatable bonds is 6. The van der Waals surface area contributed by atoms with Crippen molar-refractivity contribution in [3.05, 3.63) is 6.33 Å². The molecule has 0 saturated heterocycles. The van der Waals surface area contributed by atoms with Crippen LogP contribution in [0.2, 0.25) is 0 Å². The molecule has 0 bridgehead atoms. The Hall–Kier alpha value is -0.550. The lowest BCUT2D eigenvalue weighted by molar-refractivity contribution is 0.555. The van der Waals surface area contributed by atoms with Crippen molar-refractivity contribution in [3.8, 4) is 0 Å². The van der Waals surface area contributed by atoms with Crippen LogP contribution in [0.1, 0.15) is 20.3 Å². The standard InChI is InChI=1S/C9H18N4S/c1-4-8(2)10-5-6-14-9-12-11-7-13(9)3/h7-8,10H,4-6H2,1-3H3. The maximum absolute atomic E-state index is 4.00. The van der Waals surface area contributed by atoms with Crippen molar-refractivity contribution in [1.29, 1.82) is 0 Å². The SMILES string of the molecule is CCC(C)NCCSc1nncn1C. The summed E-state index contributed by atoms with van der Waals surface area (Å²) in [6.07, 6.45) is 2.90. The molecule has 0 aliphatic rings. The Balaban J connectivity index is 2.13. The summed E-state index contributed by atoms with van der Waals surface area (Å²) < 4.78 is 1.94. The van der Waals surface area contributed by atoms with E-state index in [2.05, 4.69) is 29.4 Å². The lowest BCUT2D eigenvalue weighted by atomic mass is 10.3. The average Bonchev–Trinajstić information content (AvgIpc) is 2.58. The second-order valence-electron chi connectivity index (χ2n) is 3.34. The number of thioether (sulfide) groups is 1. The third-order valence-corrected chi connectivity index (χ3v) is 3.14. The molecule has 5 heteroatoms. The van der Waals surface area contributed by atoms with Gasteiger partial charge in [-0.15, -0.1) is 10.2 Å². The van der Waals surface area contributed by atoms with Gasteiger partial charge in [0.2, 0.25) is 0 Å². The monoisotopic (exact) mass is 214 g/mol. The highest BCUT2D eigenvalue weighted by Gasteiger charge is 2.01. The summed E-state index contributed by atoms with van der Waals surface area (Å²) in [6.45, 7) is 5.41. The van der Waals surface area contributed by atoms with E-state index in [4.69, 9.17) is 0 Å². The molecular formula is C9H18N4S. The first-order chi connectivity index (χ1) is 6.74. The van der Waals surface area contributed by atoms with Gasteiger partial charge in [-0.3, -0.25) is 0 Å². The van der Waals surface area contributed by atoms with Gasteiger partial charge in [-0.2, -0.15) is 0 Å². The van der Waals surface area contributed by atoms with Crippen LogP contribution < -0.4 is 5.32 Å². The molecule has 0 amide bonds. The summed E-state index contributed by atoms with van der Waals surface area (Å²) in [5.74, 6) is 1.04. The van der Waals surface area contributed by atoms with Crippen LogP contribution in [-0.2, 0) is 7.05 Å². The molecule has 4 nitrogen and oxygen atoms in total. The van der Waals surface area contributed by atoms with Crippen LogP contribution in [0.25, 0.3) is 0 Å². The van der Waals surface area contributed by atoms with Crippen molar-refractivity contribution < 1.29 is 0 Å². The third kappa shape index (κ3) is 3.67. The normalized spacial score (nSPS) is 13.1. The van der Waals surface area contributed by atoms with Gasteiger partial charge >= 0.3 is 0 Å². The lowest BCUT2D eigenvalue weighted by Gasteiger charge is -2.09. The first kappa shape index (κ1) is 11.5. The molecule has 14 heavy (non-hydrogen) atoms. The maximum Gasteiger partial charge on any atom is 0.190 e. The summed E-state index contributed by atoms with van der Waals surface area (Å²) in [6, 6.07) is 0.607. The minimum absolute atomic E-state index is 0.607. The van der Waals surface area contributed by atoms with Gasteiger partial charge in [-0.1, -0.05) is 18.7 Å². The molecule has 1 aromatic rings. The van der Waals surface area contributed by atoms with E-state index in [1.54, 1.807) is 18.1 Å². The fourth-order valence-electron chi connectivity index (χ4n) is 0.995. The highest BCUT2D eigenvalue weighted by molar-refractivity contribution is 7.99. The van der Waals surface area contributed by atoms with Gasteiger partial charge in [-0.25, -0.2) is 0 Å². The third-order valence-electron chi connectivity index (χ3n) is 2.11. The predicted molar refractivity (Wildman–Crippen MR) is 59.5 cm³/mol. The second-order valence-corrected chi connectivity index (χ2v) is 4.40. The number of aryl methyl sites for hydroxylation is 1. The summed E-state index contributed by atoms with van der Waals surface area (Å²) in [5.41, 5.74) is 0. The molecule has 1 rings (SSSR count). The van der Waals surface area contributed by atoms with Crippen LogP contribution in [0.4, 0.5) is 0 Å². The smallest absolute Gasteiger partial charge is 0.190 e. The minimum Gasteiger partial charge on any atom is -0.313 e. The van der Waals surface area contributed by atoms with Crippen molar-refractivity contribution in [2.24, 2.45) is 7.05 Å². The molecule has 1 aromatic heterocycles. The summed E-state index contributed by atoms with van der Waals surface area (Å²) in [7, 11) is 1.96. The first-order valence-corrected chi connectivity index (χ1v) is 5.92. The zero-order chi connectivity index (χ0) is 10.4. The van der Waals surface area contributed by atoms with Gasteiger partial charge in [0.05, 0.1) is 0 Å². The minimum atomic E-state index is 0.607. The predicted octanol–water partition coefficient (Wildman–Crippen LogP) is 1.30. The second kappa shape index (κ2) is 6.03.